The van der Waals surface area contributed by atoms with Gasteiger partial charge in [-0.15, -0.1) is 0 Å². The molecule has 1 saturated carbocycles. The maximum atomic E-state index is 12.7. The van der Waals surface area contributed by atoms with Crippen molar-refractivity contribution in [2.75, 3.05) is 6.54 Å². The molecule has 0 spiro atoms. The fourth-order valence-corrected chi connectivity index (χ4v) is 3.87. The number of hydrogen-bond acceptors (Lipinski definition) is 2. The zero-order valence-corrected chi connectivity index (χ0v) is 17.3. The number of rotatable bonds is 9. The molecule has 1 aliphatic rings. The van der Waals surface area contributed by atoms with Crippen molar-refractivity contribution in [2.45, 2.75) is 72.3 Å². The summed E-state index contributed by atoms with van der Waals surface area (Å²) in [5.74, 6) is 0.693. The molecule has 1 aromatic rings. The Kier molecular flexibility index (Phi) is 8.56. The highest BCUT2D eigenvalue weighted by molar-refractivity contribution is 5.96. The third-order valence-corrected chi connectivity index (χ3v) is 5.40. The molecule has 1 N–H and O–H groups in total. The van der Waals surface area contributed by atoms with Crippen LogP contribution in [0.25, 0.3) is 5.70 Å². The number of aromatic nitrogens is 1. The quantitative estimate of drug-likeness (QED) is 0.347. The Morgan fingerprint density at radius 3 is 2.74 bits per heavy atom. The minimum atomic E-state index is 0.0167. The van der Waals surface area contributed by atoms with E-state index in [9.17, 15) is 4.79 Å². The van der Waals surface area contributed by atoms with Crippen molar-refractivity contribution in [1.29, 1.82) is 0 Å². The van der Waals surface area contributed by atoms with Gasteiger partial charge in [0.25, 0.3) is 5.91 Å². The number of unbranched alkanes of at least 4 members (excludes halogenated alkanes) is 1. The number of nitrogens with zero attached hydrogens (tertiary/aromatic N) is 2. The molecule has 0 aliphatic heterocycles. The first-order valence-corrected chi connectivity index (χ1v) is 10.4. The molecule has 0 aromatic carbocycles. The number of carbonyl (C=O) groups is 1. The van der Waals surface area contributed by atoms with Crippen LogP contribution in [-0.2, 0) is 6.54 Å². The molecule has 0 bridgehead atoms. The molecule has 1 amide bonds. The first-order chi connectivity index (χ1) is 13.1. The summed E-state index contributed by atoms with van der Waals surface area (Å²) in [7, 11) is 0. The Labute approximate surface area is 164 Å². The van der Waals surface area contributed by atoms with E-state index in [4.69, 9.17) is 0 Å². The Morgan fingerprint density at radius 2 is 2.11 bits per heavy atom. The fourth-order valence-electron chi connectivity index (χ4n) is 3.87. The second-order valence-electron chi connectivity index (χ2n) is 7.43. The number of hydrogen-bond donors (Lipinski definition) is 1. The van der Waals surface area contributed by atoms with E-state index in [0.717, 1.165) is 48.6 Å². The lowest BCUT2D eigenvalue weighted by Gasteiger charge is -2.24. The summed E-state index contributed by atoms with van der Waals surface area (Å²) in [4.78, 5) is 17.3. The minimum Gasteiger partial charge on any atom is -0.352 e. The molecule has 0 radical (unpaired) electrons. The largest absolute Gasteiger partial charge is 0.352 e. The van der Waals surface area contributed by atoms with Gasteiger partial charge in [0.2, 0.25) is 0 Å². The van der Waals surface area contributed by atoms with Crippen LogP contribution in [0.2, 0.25) is 0 Å². The van der Waals surface area contributed by atoms with Gasteiger partial charge in [-0.1, -0.05) is 45.3 Å². The van der Waals surface area contributed by atoms with Gasteiger partial charge in [0.05, 0.1) is 17.0 Å². The van der Waals surface area contributed by atoms with Crippen molar-refractivity contribution in [3.8, 4) is 0 Å². The molecule has 0 atom stereocenters. The fraction of sp³-hybridized carbons (Fsp3) is 0.565. The van der Waals surface area contributed by atoms with Gasteiger partial charge in [-0.25, -0.2) is 0 Å². The lowest BCUT2D eigenvalue weighted by Crippen LogP contribution is -2.25. The topological polar surface area (TPSA) is 46.4 Å². The normalized spacial score (nSPS) is 16.0. The van der Waals surface area contributed by atoms with Gasteiger partial charge in [0.15, 0.2) is 0 Å². The van der Waals surface area contributed by atoms with Crippen molar-refractivity contribution in [2.24, 2.45) is 10.9 Å². The third-order valence-electron chi connectivity index (χ3n) is 5.40. The van der Waals surface area contributed by atoms with E-state index in [-0.39, 0.29) is 5.91 Å². The van der Waals surface area contributed by atoms with Gasteiger partial charge >= 0.3 is 0 Å². The predicted molar refractivity (Wildman–Crippen MR) is 115 cm³/mol. The van der Waals surface area contributed by atoms with Crippen LogP contribution in [-0.4, -0.2) is 23.2 Å². The highest BCUT2D eigenvalue weighted by Gasteiger charge is 2.22. The van der Waals surface area contributed by atoms with Gasteiger partial charge < -0.3 is 9.88 Å². The Bertz CT molecular complexity index is 691. The number of aliphatic imine (C=N–C) groups is 1. The summed E-state index contributed by atoms with van der Waals surface area (Å²) < 4.78 is 2.30. The smallest absolute Gasteiger partial charge is 0.253 e. The van der Waals surface area contributed by atoms with Gasteiger partial charge in [-0.3, -0.25) is 9.79 Å². The first-order valence-electron chi connectivity index (χ1n) is 10.4. The van der Waals surface area contributed by atoms with Crippen LogP contribution >= 0.6 is 0 Å². The molecule has 4 heteroatoms. The molecule has 1 heterocycles. The summed E-state index contributed by atoms with van der Waals surface area (Å²) in [6, 6.07) is 2.00. The van der Waals surface area contributed by atoms with Crippen molar-refractivity contribution in [1.82, 2.24) is 9.88 Å². The van der Waals surface area contributed by atoms with E-state index in [2.05, 4.69) is 35.3 Å². The van der Waals surface area contributed by atoms with Gasteiger partial charge in [-0.05, 0) is 51.2 Å². The van der Waals surface area contributed by atoms with Crippen LogP contribution in [0.15, 0.2) is 29.8 Å². The van der Waals surface area contributed by atoms with Gasteiger partial charge in [0, 0.05) is 25.0 Å². The van der Waals surface area contributed by atoms with E-state index in [1.165, 1.54) is 32.1 Å². The molecular formula is C23H35N3O. The van der Waals surface area contributed by atoms with Gasteiger partial charge in [-0.2, -0.15) is 0 Å². The molecule has 1 aliphatic carbocycles. The second-order valence-corrected chi connectivity index (χ2v) is 7.43. The highest BCUT2D eigenvalue weighted by atomic mass is 16.1. The number of amides is 1. The lowest BCUT2D eigenvalue weighted by molar-refractivity contribution is 0.0952. The van der Waals surface area contributed by atoms with Crippen LogP contribution in [0.3, 0.4) is 0 Å². The summed E-state index contributed by atoms with van der Waals surface area (Å²) in [5, 5.41) is 3.06. The minimum absolute atomic E-state index is 0.0167. The predicted octanol–water partition coefficient (Wildman–Crippen LogP) is 5.52. The zero-order valence-electron chi connectivity index (χ0n) is 17.3. The van der Waals surface area contributed by atoms with Crippen LogP contribution in [0.1, 0.15) is 80.5 Å². The Hall–Kier alpha value is -2.10. The molecule has 0 unspecified atom stereocenters. The van der Waals surface area contributed by atoms with E-state index in [1.807, 2.05) is 19.1 Å². The van der Waals surface area contributed by atoms with Crippen LogP contribution in [0, 0.1) is 12.8 Å². The van der Waals surface area contributed by atoms with E-state index < -0.39 is 0 Å². The maximum Gasteiger partial charge on any atom is 0.253 e. The average molecular weight is 370 g/mol. The van der Waals surface area contributed by atoms with Crippen LogP contribution in [0.4, 0.5) is 0 Å². The number of allylic oxidation sites excluding steroid dienone is 2. The monoisotopic (exact) mass is 369 g/mol. The molecule has 1 fully saturated rings. The van der Waals surface area contributed by atoms with Crippen LogP contribution in [0.5, 0.6) is 0 Å². The molecular weight excluding hydrogens is 334 g/mol. The van der Waals surface area contributed by atoms with Crippen molar-refractivity contribution >= 4 is 17.8 Å². The highest BCUT2D eigenvalue weighted by Crippen LogP contribution is 2.30. The number of nitrogens with one attached hydrogen (secondary N) is 1. The maximum absolute atomic E-state index is 12.7. The Balaban J connectivity index is 2.38. The summed E-state index contributed by atoms with van der Waals surface area (Å²) in [6.07, 6.45) is 14.1. The first kappa shape index (κ1) is 21.2. The SMILES string of the molecule is C=C/C=C(\N=CC)c1cc(C(=O)NCCCC)c(C)n1CC1CCCCC1. The van der Waals surface area contributed by atoms with Crippen molar-refractivity contribution < 1.29 is 4.79 Å². The molecule has 27 heavy (non-hydrogen) atoms. The second kappa shape index (κ2) is 10.9. The lowest BCUT2D eigenvalue weighted by atomic mass is 9.89. The van der Waals surface area contributed by atoms with E-state index >= 15 is 0 Å². The van der Waals surface area contributed by atoms with E-state index in [1.54, 1.807) is 12.3 Å². The van der Waals surface area contributed by atoms with Crippen LogP contribution < -0.4 is 5.32 Å². The summed E-state index contributed by atoms with van der Waals surface area (Å²) in [5.41, 5.74) is 3.67. The molecule has 148 valence electrons. The van der Waals surface area contributed by atoms with Crippen molar-refractivity contribution in [3.63, 3.8) is 0 Å². The van der Waals surface area contributed by atoms with Gasteiger partial charge in [0.1, 0.15) is 0 Å². The zero-order chi connectivity index (χ0) is 19.6. The van der Waals surface area contributed by atoms with E-state index in [0.29, 0.717) is 5.92 Å². The molecule has 2 rings (SSSR count). The number of carbonyl (C=O) groups excluding carboxylic acids is 1. The molecule has 1 aromatic heterocycles. The molecule has 0 saturated heterocycles. The summed E-state index contributed by atoms with van der Waals surface area (Å²) >= 11 is 0. The standard InChI is InChI=1S/C23H35N3O/c1-5-8-15-25-23(27)20-16-22(21(12-6-2)24-7-3)26(18(20)4)17-19-13-10-9-11-14-19/h6-7,12,16,19H,2,5,8-11,13-15,17H2,1,3-4H3,(H,25,27)/b21-12-,24-7?. The molecule has 4 nitrogen and oxygen atoms in total. The Morgan fingerprint density at radius 1 is 1.37 bits per heavy atom. The summed E-state index contributed by atoms with van der Waals surface area (Å²) in [6.45, 7) is 11.6. The third kappa shape index (κ3) is 5.69. The van der Waals surface area contributed by atoms with Crippen molar-refractivity contribution in [3.05, 3.63) is 41.7 Å². The average Bonchev–Trinajstić information content (AvgIpc) is 2.99.